The fourth-order valence-electron chi connectivity index (χ4n) is 0. The van der Waals surface area contributed by atoms with Crippen LogP contribution in [0.4, 0.5) is 13.2 Å². The van der Waals surface area contributed by atoms with E-state index >= 15 is 0 Å². The van der Waals surface area contributed by atoms with E-state index in [1.165, 1.54) is 0 Å². The van der Waals surface area contributed by atoms with Crippen LogP contribution in [0.5, 0.6) is 0 Å². The maximum Gasteiger partial charge on any atom is 0.373 e. The molecule has 0 amide bonds. The lowest BCUT2D eigenvalue weighted by atomic mass is 10.8. The first kappa shape index (κ1) is 10.2. The highest BCUT2D eigenvalue weighted by Crippen LogP contribution is 1.88. The Morgan fingerprint density at radius 1 is 1.38 bits per heavy atom. The van der Waals surface area contributed by atoms with Gasteiger partial charge in [-0.1, -0.05) is 0 Å². The van der Waals surface area contributed by atoms with Crippen molar-refractivity contribution in [2.75, 3.05) is 6.67 Å². The van der Waals surface area contributed by atoms with Crippen molar-refractivity contribution in [1.82, 2.24) is 0 Å². The molecule has 8 heavy (non-hydrogen) atoms. The van der Waals surface area contributed by atoms with Crippen LogP contribution in [-0.2, 0) is 9.59 Å². The van der Waals surface area contributed by atoms with Gasteiger partial charge in [-0.15, -0.1) is 0 Å². The highest BCUT2D eigenvalue weighted by molar-refractivity contribution is 5.20. The molecule has 0 aliphatic heterocycles. The predicted molar refractivity (Wildman–Crippen MR) is 17.0 cm³/mol. The van der Waals surface area contributed by atoms with Gasteiger partial charge in [0.2, 0.25) is 0 Å². The first-order valence-electron chi connectivity index (χ1n) is 1.52. The SMILES string of the molecule is FCC(F)F.O=C=O. The summed E-state index contributed by atoms with van der Waals surface area (Å²) in [6.45, 7) is -1.53. The molecule has 0 N–H and O–H groups in total. The van der Waals surface area contributed by atoms with E-state index < -0.39 is 13.1 Å². The Morgan fingerprint density at radius 3 is 1.50 bits per heavy atom. The van der Waals surface area contributed by atoms with Crippen molar-refractivity contribution in [3.8, 4) is 0 Å². The third-order valence-electron chi connectivity index (χ3n) is 0.117. The van der Waals surface area contributed by atoms with Gasteiger partial charge in [-0.2, -0.15) is 9.59 Å². The highest BCUT2D eigenvalue weighted by Gasteiger charge is 1.95. The van der Waals surface area contributed by atoms with Crippen molar-refractivity contribution in [3.05, 3.63) is 0 Å². The standard InChI is InChI=1S/C2H3F3.CO2/c3-1-2(4)5;2-1-3/h2H,1H2;. The van der Waals surface area contributed by atoms with Crippen molar-refractivity contribution >= 4 is 6.15 Å². The van der Waals surface area contributed by atoms with Crippen LogP contribution in [0, 0.1) is 0 Å². The number of hydrogen-bond acceptors (Lipinski definition) is 2. The van der Waals surface area contributed by atoms with Gasteiger partial charge in [0.25, 0.3) is 6.43 Å². The zero-order chi connectivity index (χ0) is 6.99. The van der Waals surface area contributed by atoms with Gasteiger partial charge in [-0.25, -0.2) is 13.2 Å². The fraction of sp³-hybridized carbons (Fsp3) is 0.667. The van der Waals surface area contributed by atoms with E-state index in [2.05, 4.69) is 0 Å². The van der Waals surface area contributed by atoms with Crippen molar-refractivity contribution < 1.29 is 22.8 Å². The maximum absolute atomic E-state index is 10.4. The summed E-state index contributed by atoms with van der Waals surface area (Å²) in [6.07, 6.45) is -2.53. The molecule has 0 aromatic heterocycles. The quantitative estimate of drug-likeness (QED) is 0.519. The van der Waals surface area contributed by atoms with Gasteiger partial charge in [0, 0.05) is 0 Å². The van der Waals surface area contributed by atoms with Crippen LogP contribution in [-0.4, -0.2) is 19.3 Å². The summed E-state index contributed by atoms with van der Waals surface area (Å²) < 4.78 is 31.1. The minimum atomic E-state index is -2.78. The maximum atomic E-state index is 10.4. The molecule has 0 aromatic carbocycles. The predicted octanol–water partition coefficient (Wildman–Crippen LogP) is 0.637. The Bertz CT molecular complexity index is 66.9. The first-order valence-corrected chi connectivity index (χ1v) is 1.52. The molecule has 0 unspecified atom stereocenters. The second-order valence-electron chi connectivity index (χ2n) is 0.629. The lowest BCUT2D eigenvalue weighted by Gasteiger charge is -1.78. The molecule has 0 saturated heterocycles. The average molecular weight is 128 g/mol. The normalized spacial score (nSPS) is 7.00. The molecule has 0 fully saturated rings. The lowest BCUT2D eigenvalue weighted by molar-refractivity contribution is -0.191. The zero-order valence-electron chi connectivity index (χ0n) is 3.73. The van der Waals surface area contributed by atoms with E-state index in [-0.39, 0.29) is 6.15 Å². The van der Waals surface area contributed by atoms with Gasteiger partial charge >= 0.3 is 6.15 Å². The minimum Gasteiger partial charge on any atom is -0.245 e. The van der Waals surface area contributed by atoms with Crippen LogP contribution in [0.2, 0.25) is 0 Å². The Hall–Kier alpha value is -0.830. The minimum absolute atomic E-state index is 0.250. The van der Waals surface area contributed by atoms with Crippen molar-refractivity contribution in [1.29, 1.82) is 0 Å². The summed E-state index contributed by atoms with van der Waals surface area (Å²) in [5, 5.41) is 0. The molecule has 0 saturated carbocycles. The molecule has 0 heterocycles. The molecule has 0 aliphatic rings. The molecular formula is C3H3F3O2. The summed E-state index contributed by atoms with van der Waals surface area (Å²) in [7, 11) is 0. The van der Waals surface area contributed by atoms with Crippen molar-refractivity contribution in [2.24, 2.45) is 0 Å². The summed E-state index contributed by atoms with van der Waals surface area (Å²) in [4.78, 5) is 16.2. The van der Waals surface area contributed by atoms with Crippen LogP contribution in [0.3, 0.4) is 0 Å². The molecule has 48 valence electrons. The summed E-state index contributed by atoms with van der Waals surface area (Å²) in [5.41, 5.74) is 0. The van der Waals surface area contributed by atoms with E-state index in [9.17, 15) is 13.2 Å². The molecule has 0 aliphatic carbocycles. The fourth-order valence-corrected chi connectivity index (χ4v) is 0. The molecule has 5 heteroatoms. The molecule has 2 nitrogen and oxygen atoms in total. The van der Waals surface area contributed by atoms with Crippen molar-refractivity contribution in [2.45, 2.75) is 6.43 Å². The van der Waals surface area contributed by atoms with Gasteiger partial charge in [-0.3, -0.25) is 0 Å². The van der Waals surface area contributed by atoms with E-state index in [0.717, 1.165) is 0 Å². The van der Waals surface area contributed by atoms with E-state index in [1.807, 2.05) is 0 Å². The van der Waals surface area contributed by atoms with Crippen LogP contribution in [0.25, 0.3) is 0 Å². The molecule has 0 bridgehead atoms. The van der Waals surface area contributed by atoms with Gasteiger partial charge in [0.1, 0.15) is 0 Å². The first-order chi connectivity index (χ1) is 3.68. The van der Waals surface area contributed by atoms with Gasteiger partial charge in [0.05, 0.1) is 0 Å². The van der Waals surface area contributed by atoms with Crippen LogP contribution in [0.1, 0.15) is 0 Å². The Kier molecular flexibility index (Phi) is 12.1. The molecule has 0 rings (SSSR count). The second kappa shape index (κ2) is 9.48. The Balaban J connectivity index is 0. The van der Waals surface area contributed by atoms with Crippen LogP contribution >= 0.6 is 0 Å². The van der Waals surface area contributed by atoms with Gasteiger partial charge < -0.3 is 0 Å². The Labute approximate surface area is 43.3 Å². The third kappa shape index (κ3) is 65.7. The topological polar surface area (TPSA) is 34.1 Å². The average Bonchev–Trinajstić information content (AvgIpc) is 1.69. The third-order valence-corrected chi connectivity index (χ3v) is 0.117. The Morgan fingerprint density at radius 2 is 1.50 bits per heavy atom. The number of rotatable bonds is 1. The van der Waals surface area contributed by atoms with Gasteiger partial charge in [-0.05, 0) is 0 Å². The lowest BCUT2D eigenvalue weighted by Crippen LogP contribution is -1.88. The van der Waals surface area contributed by atoms with E-state index in [4.69, 9.17) is 9.59 Å². The van der Waals surface area contributed by atoms with E-state index in [1.54, 1.807) is 0 Å². The largest absolute Gasteiger partial charge is 0.373 e. The summed E-state index contributed by atoms with van der Waals surface area (Å²) in [5.74, 6) is 0. The van der Waals surface area contributed by atoms with Crippen molar-refractivity contribution in [3.63, 3.8) is 0 Å². The number of halogens is 3. The number of carbonyl (C=O) groups excluding carboxylic acids is 2. The van der Waals surface area contributed by atoms with Gasteiger partial charge in [0.15, 0.2) is 6.67 Å². The van der Waals surface area contributed by atoms with Crippen LogP contribution < -0.4 is 0 Å². The molecule has 0 spiro atoms. The molecule has 0 atom stereocenters. The van der Waals surface area contributed by atoms with Crippen LogP contribution in [0.15, 0.2) is 0 Å². The zero-order valence-corrected chi connectivity index (χ0v) is 3.73. The highest BCUT2D eigenvalue weighted by atomic mass is 19.3. The summed E-state index contributed by atoms with van der Waals surface area (Å²) >= 11 is 0. The monoisotopic (exact) mass is 128 g/mol. The molecule has 0 aromatic rings. The smallest absolute Gasteiger partial charge is 0.245 e. The number of alkyl halides is 3. The molecule has 0 radical (unpaired) electrons. The molecular weight excluding hydrogens is 125 g/mol. The van der Waals surface area contributed by atoms with E-state index in [0.29, 0.717) is 0 Å². The second-order valence-corrected chi connectivity index (χ2v) is 0.629. The summed E-state index contributed by atoms with van der Waals surface area (Å²) in [6, 6.07) is 0. The number of hydrogen-bond donors (Lipinski definition) is 0.